The molecule has 3 unspecified atom stereocenters. The lowest BCUT2D eigenvalue weighted by molar-refractivity contribution is 0.241. The summed E-state index contributed by atoms with van der Waals surface area (Å²) in [6.07, 6.45) is 11.3. The molecule has 2 fully saturated rings. The second-order valence-electron chi connectivity index (χ2n) is 7.05. The van der Waals surface area contributed by atoms with Crippen LogP contribution in [-0.4, -0.2) is 27.5 Å². The Balaban J connectivity index is 1.64. The molecule has 128 valence electrons. The smallest absolute Gasteiger partial charge is 0.225 e. The van der Waals surface area contributed by atoms with Crippen molar-refractivity contribution in [2.45, 2.75) is 50.5 Å². The minimum absolute atomic E-state index is 0.449. The molecule has 5 nitrogen and oxygen atoms in total. The number of anilines is 1. The second kappa shape index (κ2) is 7.18. The van der Waals surface area contributed by atoms with Crippen LogP contribution in [0.5, 0.6) is 0 Å². The third-order valence-corrected chi connectivity index (χ3v) is 5.57. The Labute approximate surface area is 148 Å². The number of nitriles is 1. The maximum absolute atomic E-state index is 9.66. The third kappa shape index (κ3) is 3.21. The maximum atomic E-state index is 9.66. The first-order valence-corrected chi connectivity index (χ1v) is 9.27. The summed E-state index contributed by atoms with van der Waals surface area (Å²) >= 11 is 0. The molecule has 0 spiro atoms. The Bertz CT molecular complexity index is 752. The first-order chi connectivity index (χ1) is 12.4. The number of rotatable bonds is 3. The largest absolute Gasteiger partial charge is 0.338 e. The van der Waals surface area contributed by atoms with Crippen molar-refractivity contribution < 1.29 is 0 Å². The molecular formula is C20H23N5. The van der Waals surface area contributed by atoms with Crippen LogP contribution in [0.4, 0.5) is 5.95 Å². The average Bonchev–Trinajstić information content (AvgIpc) is 2.69. The Morgan fingerprint density at radius 3 is 2.72 bits per heavy atom. The quantitative estimate of drug-likeness (QED) is 0.857. The minimum Gasteiger partial charge on any atom is -0.338 e. The van der Waals surface area contributed by atoms with E-state index in [9.17, 15) is 5.26 Å². The van der Waals surface area contributed by atoms with Crippen molar-refractivity contribution in [3.63, 3.8) is 0 Å². The van der Waals surface area contributed by atoms with Gasteiger partial charge in [-0.3, -0.25) is 4.98 Å². The molecule has 5 heteroatoms. The maximum Gasteiger partial charge on any atom is 0.225 e. The molecule has 1 saturated carbocycles. The van der Waals surface area contributed by atoms with E-state index in [0.29, 0.717) is 6.04 Å². The first-order valence-electron chi connectivity index (χ1n) is 9.27. The molecule has 25 heavy (non-hydrogen) atoms. The predicted octanol–water partition coefficient (Wildman–Crippen LogP) is 3.69. The van der Waals surface area contributed by atoms with E-state index in [1.54, 1.807) is 12.4 Å². The highest BCUT2D eigenvalue weighted by atomic mass is 15.3. The molecule has 0 bridgehead atoms. The minimum atomic E-state index is -0.449. The third-order valence-electron chi connectivity index (χ3n) is 5.57. The fourth-order valence-corrected chi connectivity index (χ4v) is 4.36. The lowest BCUT2D eigenvalue weighted by Crippen LogP contribution is -2.47. The Kier molecular flexibility index (Phi) is 4.60. The van der Waals surface area contributed by atoms with Crippen LogP contribution in [0.3, 0.4) is 0 Å². The fraction of sp³-hybridized carbons (Fsp3) is 0.500. The van der Waals surface area contributed by atoms with Gasteiger partial charge in [0.05, 0.1) is 17.5 Å². The molecule has 0 aromatic carbocycles. The highest BCUT2D eigenvalue weighted by Gasteiger charge is 2.34. The number of fused-ring (bicyclic) bond motifs is 1. The van der Waals surface area contributed by atoms with E-state index in [1.807, 2.05) is 24.3 Å². The summed E-state index contributed by atoms with van der Waals surface area (Å²) in [4.78, 5) is 16.1. The molecule has 2 aliphatic rings. The average molecular weight is 333 g/mol. The Morgan fingerprint density at radius 2 is 1.88 bits per heavy atom. The van der Waals surface area contributed by atoms with Crippen molar-refractivity contribution in [1.29, 1.82) is 5.26 Å². The van der Waals surface area contributed by atoms with Crippen LogP contribution >= 0.6 is 0 Å². The molecule has 1 aliphatic carbocycles. The summed E-state index contributed by atoms with van der Waals surface area (Å²) in [5.74, 6) is 1.11. The number of hydrogen-bond donors (Lipinski definition) is 0. The van der Waals surface area contributed by atoms with E-state index in [1.165, 1.54) is 38.5 Å². The molecule has 0 N–H and O–H groups in total. The van der Waals surface area contributed by atoms with Gasteiger partial charge in [0.1, 0.15) is 5.92 Å². The SMILES string of the molecule is N#CC(c1ccccn1)c1ccnc(N2CCCC3CCCCC32)n1. The molecule has 2 aromatic rings. The van der Waals surface area contributed by atoms with Gasteiger partial charge in [0.15, 0.2) is 0 Å². The van der Waals surface area contributed by atoms with E-state index in [0.717, 1.165) is 29.8 Å². The van der Waals surface area contributed by atoms with Crippen molar-refractivity contribution in [1.82, 2.24) is 15.0 Å². The number of pyridine rings is 1. The zero-order chi connectivity index (χ0) is 17.1. The van der Waals surface area contributed by atoms with Crippen molar-refractivity contribution in [3.8, 4) is 6.07 Å². The van der Waals surface area contributed by atoms with Crippen LogP contribution < -0.4 is 4.90 Å². The number of piperidine rings is 1. The molecule has 0 amide bonds. The van der Waals surface area contributed by atoms with E-state index >= 15 is 0 Å². The Morgan fingerprint density at radius 1 is 1.00 bits per heavy atom. The lowest BCUT2D eigenvalue weighted by Gasteiger charge is -2.44. The van der Waals surface area contributed by atoms with Crippen LogP contribution in [0.1, 0.15) is 55.8 Å². The summed E-state index contributed by atoms with van der Waals surface area (Å²) < 4.78 is 0. The van der Waals surface area contributed by atoms with Gasteiger partial charge in [-0.25, -0.2) is 9.97 Å². The van der Waals surface area contributed by atoms with Crippen molar-refractivity contribution in [2.24, 2.45) is 5.92 Å². The van der Waals surface area contributed by atoms with Gasteiger partial charge < -0.3 is 4.90 Å². The van der Waals surface area contributed by atoms with E-state index in [2.05, 4.69) is 20.9 Å². The van der Waals surface area contributed by atoms with Crippen LogP contribution in [-0.2, 0) is 0 Å². The summed E-state index contributed by atoms with van der Waals surface area (Å²) in [5, 5.41) is 9.66. The van der Waals surface area contributed by atoms with Crippen LogP contribution in [0.2, 0.25) is 0 Å². The van der Waals surface area contributed by atoms with E-state index in [-0.39, 0.29) is 0 Å². The van der Waals surface area contributed by atoms with E-state index in [4.69, 9.17) is 4.98 Å². The normalized spacial score (nSPS) is 24.2. The Hall–Kier alpha value is -2.48. The topological polar surface area (TPSA) is 65.7 Å². The molecule has 1 saturated heterocycles. The van der Waals surface area contributed by atoms with Gasteiger partial charge in [0.2, 0.25) is 5.95 Å². The molecule has 3 atom stereocenters. The van der Waals surface area contributed by atoms with Crippen molar-refractivity contribution >= 4 is 5.95 Å². The summed E-state index contributed by atoms with van der Waals surface area (Å²) in [6, 6.07) is 10.4. The number of nitrogens with zero attached hydrogens (tertiary/aromatic N) is 5. The van der Waals surface area contributed by atoms with Gasteiger partial charge >= 0.3 is 0 Å². The monoisotopic (exact) mass is 333 g/mol. The zero-order valence-electron chi connectivity index (χ0n) is 14.4. The van der Waals surface area contributed by atoms with Gasteiger partial charge in [0, 0.05) is 25.0 Å². The van der Waals surface area contributed by atoms with E-state index < -0.39 is 5.92 Å². The summed E-state index contributed by atoms with van der Waals surface area (Å²) in [7, 11) is 0. The molecule has 0 radical (unpaired) electrons. The standard InChI is InChI=1S/C20H23N5/c21-14-16(17-8-3-4-11-22-17)18-10-12-23-20(24-18)25-13-5-7-15-6-1-2-9-19(15)25/h3-4,8,10-12,15-16,19H,1-2,5-7,9,13H2. The van der Waals surface area contributed by atoms with Crippen LogP contribution in [0.25, 0.3) is 0 Å². The van der Waals surface area contributed by atoms with Crippen LogP contribution in [0, 0.1) is 17.2 Å². The predicted molar refractivity (Wildman–Crippen MR) is 96.1 cm³/mol. The molecule has 1 aliphatic heterocycles. The number of hydrogen-bond acceptors (Lipinski definition) is 5. The lowest BCUT2D eigenvalue weighted by atomic mass is 9.78. The van der Waals surface area contributed by atoms with Crippen molar-refractivity contribution in [3.05, 3.63) is 48.0 Å². The van der Waals surface area contributed by atoms with Crippen molar-refractivity contribution in [2.75, 3.05) is 11.4 Å². The number of aromatic nitrogens is 3. The van der Waals surface area contributed by atoms with Gasteiger partial charge in [-0.05, 0) is 49.8 Å². The van der Waals surface area contributed by atoms with Crippen LogP contribution in [0.15, 0.2) is 36.7 Å². The zero-order valence-corrected chi connectivity index (χ0v) is 14.4. The first kappa shape index (κ1) is 16.0. The molecular weight excluding hydrogens is 310 g/mol. The molecule has 4 rings (SSSR count). The fourth-order valence-electron chi connectivity index (χ4n) is 4.36. The highest BCUT2D eigenvalue weighted by molar-refractivity contribution is 5.38. The summed E-state index contributed by atoms with van der Waals surface area (Å²) in [5.41, 5.74) is 1.48. The van der Waals surface area contributed by atoms with Gasteiger partial charge in [0.25, 0.3) is 0 Å². The molecule has 3 heterocycles. The van der Waals surface area contributed by atoms with Gasteiger partial charge in [-0.1, -0.05) is 18.9 Å². The second-order valence-corrected chi connectivity index (χ2v) is 7.05. The highest BCUT2D eigenvalue weighted by Crippen LogP contribution is 2.37. The summed E-state index contributed by atoms with van der Waals surface area (Å²) in [6.45, 7) is 1.02. The van der Waals surface area contributed by atoms with Gasteiger partial charge in [-0.15, -0.1) is 0 Å². The molecule has 2 aromatic heterocycles. The van der Waals surface area contributed by atoms with Gasteiger partial charge in [-0.2, -0.15) is 5.26 Å².